The van der Waals surface area contributed by atoms with Gasteiger partial charge in [0.05, 0.1) is 17.6 Å². The molecule has 1 heterocycles. The highest BCUT2D eigenvalue weighted by Gasteiger charge is 2.19. The molecule has 1 amide bonds. The highest BCUT2D eigenvalue weighted by Crippen LogP contribution is 2.31. The summed E-state index contributed by atoms with van der Waals surface area (Å²) in [5.41, 5.74) is 4.23. The fourth-order valence-corrected chi connectivity index (χ4v) is 4.09. The molecule has 36 heavy (non-hydrogen) atoms. The highest BCUT2D eigenvalue weighted by molar-refractivity contribution is 6.30. The van der Waals surface area contributed by atoms with Gasteiger partial charge in [0.1, 0.15) is 11.3 Å². The maximum absolute atomic E-state index is 13.4. The lowest BCUT2D eigenvalue weighted by Crippen LogP contribution is -2.16. The van der Waals surface area contributed by atoms with Crippen LogP contribution in [0.1, 0.15) is 31.1 Å². The number of halogens is 1. The van der Waals surface area contributed by atoms with E-state index in [-0.39, 0.29) is 18.0 Å². The SMILES string of the molecule is CC(C)c1oc2cc(NC(=O)OCCc3ccc(N(C)C)cc3)ccc2c(=O)c1-c1ccc(Cl)cc1. The molecule has 0 radical (unpaired) electrons. The van der Waals surface area contributed by atoms with Crippen LogP contribution in [0, 0.1) is 0 Å². The molecule has 0 bridgehead atoms. The molecule has 4 rings (SSSR count). The Hall–Kier alpha value is -3.77. The molecule has 1 N–H and O–H groups in total. The summed E-state index contributed by atoms with van der Waals surface area (Å²) in [7, 11) is 3.98. The molecule has 0 aliphatic rings. The lowest BCUT2D eigenvalue weighted by molar-refractivity contribution is 0.163. The van der Waals surface area contributed by atoms with Gasteiger partial charge in [0.25, 0.3) is 0 Å². The lowest BCUT2D eigenvalue weighted by Gasteiger charge is -2.14. The van der Waals surface area contributed by atoms with Crippen LogP contribution in [-0.2, 0) is 11.2 Å². The fraction of sp³-hybridized carbons (Fsp3) is 0.241. The van der Waals surface area contributed by atoms with Crippen molar-refractivity contribution in [3.05, 3.63) is 93.3 Å². The summed E-state index contributed by atoms with van der Waals surface area (Å²) >= 11 is 6.03. The maximum Gasteiger partial charge on any atom is 0.411 e. The predicted octanol–water partition coefficient (Wildman–Crippen LogP) is 7.09. The Balaban J connectivity index is 1.49. The number of carbonyl (C=O) groups excluding carboxylic acids is 1. The molecule has 4 aromatic rings. The third-order valence-electron chi connectivity index (χ3n) is 5.90. The number of carbonyl (C=O) groups is 1. The molecular formula is C29H29ClN2O4. The van der Waals surface area contributed by atoms with Gasteiger partial charge in [-0.05, 0) is 47.5 Å². The molecule has 0 aliphatic heterocycles. The number of anilines is 2. The molecular weight excluding hydrogens is 476 g/mol. The molecule has 186 valence electrons. The standard InChI is InChI=1S/C29H29ClN2O4/c1-18(2)28-26(20-7-9-21(30)10-8-20)27(33)24-14-11-22(17-25(24)36-28)31-29(34)35-16-15-19-5-12-23(13-6-19)32(3)4/h5-14,17-18H,15-16H2,1-4H3,(H,31,34). The van der Waals surface area contributed by atoms with E-state index in [9.17, 15) is 9.59 Å². The molecule has 0 atom stereocenters. The van der Waals surface area contributed by atoms with Gasteiger partial charge in [-0.1, -0.05) is 49.7 Å². The van der Waals surface area contributed by atoms with Crippen LogP contribution in [0.4, 0.5) is 16.2 Å². The Morgan fingerprint density at radius 1 is 1.03 bits per heavy atom. The summed E-state index contributed by atoms with van der Waals surface area (Å²) in [5, 5.41) is 3.75. The number of nitrogens with one attached hydrogen (secondary N) is 1. The van der Waals surface area contributed by atoms with Crippen molar-refractivity contribution in [1.82, 2.24) is 0 Å². The average Bonchev–Trinajstić information content (AvgIpc) is 2.85. The van der Waals surface area contributed by atoms with E-state index in [1.54, 1.807) is 30.3 Å². The van der Waals surface area contributed by atoms with E-state index >= 15 is 0 Å². The second-order valence-corrected chi connectivity index (χ2v) is 9.55. The first kappa shape index (κ1) is 25.3. The summed E-state index contributed by atoms with van der Waals surface area (Å²) < 4.78 is 11.5. The van der Waals surface area contributed by atoms with Crippen molar-refractivity contribution in [2.75, 3.05) is 30.9 Å². The summed E-state index contributed by atoms with van der Waals surface area (Å²) in [6.45, 7) is 4.19. The quantitative estimate of drug-likeness (QED) is 0.291. The van der Waals surface area contributed by atoms with Crippen molar-refractivity contribution in [1.29, 1.82) is 0 Å². The summed E-state index contributed by atoms with van der Waals surface area (Å²) in [5.74, 6) is 0.552. The minimum Gasteiger partial charge on any atom is -0.460 e. The first-order valence-electron chi connectivity index (χ1n) is 11.8. The number of nitrogens with zero attached hydrogens (tertiary/aromatic N) is 1. The van der Waals surface area contributed by atoms with E-state index in [1.807, 2.05) is 69.2 Å². The first-order chi connectivity index (χ1) is 17.2. The fourth-order valence-electron chi connectivity index (χ4n) is 3.96. The van der Waals surface area contributed by atoms with E-state index in [4.69, 9.17) is 20.8 Å². The minimum atomic E-state index is -0.566. The van der Waals surface area contributed by atoms with E-state index in [1.165, 1.54) is 0 Å². The number of hydrogen-bond acceptors (Lipinski definition) is 5. The highest BCUT2D eigenvalue weighted by atomic mass is 35.5. The first-order valence-corrected chi connectivity index (χ1v) is 12.2. The van der Waals surface area contributed by atoms with Gasteiger partial charge in [-0.25, -0.2) is 4.79 Å². The third-order valence-corrected chi connectivity index (χ3v) is 6.15. The van der Waals surface area contributed by atoms with Crippen LogP contribution in [0.2, 0.25) is 5.02 Å². The Kier molecular flexibility index (Phi) is 7.65. The number of hydrogen-bond donors (Lipinski definition) is 1. The van der Waals surface area contributed by atoms with E-state index < -0.39 is 6.09 Å². The van der Waals surface area contributed by atoms with Crippen molar-refractivity contribution in [3.63, 3.8) is 0 Å². The van der Waals surface area contributed by atoms with E-state index in [0.29, 0.717) is 39.4 Å². The monoisotopic (exact) mass is 504 g/mol. The molecule has 0 unspecified atom stereocenters. The molecule has 0 aliphatic carbocycles. The molecule has 0 saturated carbocycles. The van der Waals surface area contributed by atoms with Crippen LogP contribution in [0.25, 0.3) is 22.1 Å². The third kappa shape index (κ3) is 5.71. The Morgan fingerprint density at radius 3 is 2.36 bits per heavy atom. The second kappa shape index (κ2) is 10.9. The molecule has 0 fully saturated rings. The molecule has 3 aromatic carbocycles. The van der Waals surface area contributed by atoms with Gasteiger partial charge < -0.3 is 14.1 Å². The Bertz CT molecular complexity index is 1430. The number of fused-ring (bicyclic) bond motifs is 1. The summed E-state index contributed by atoms with van der Waals surface area (Å²) in [6.07, 6.45) is 0.0438. The van der Waals surface area contributed by atoms with Crippen molar-refractivity contribution >= 4 is 40.0 Å². The molecule has 0 saturated heterocycles. The average molecular weight is 505 g/mol. The molecule has 6 nitrogen and oxygen atoms in total. The van der Waals surface area contributed by atoms with Gasteiger partial charge >= 0.3 is 6.09 Å². The van der Waals surface area contributed by atoms with Gasteiger partial charge in [-0.2, -0.15) is 0 Å². The predicted molar refractivity (Wildman–Crippen MR) is 146 cm³/mol. The van der Waals surface area contributed by atoms with Gasteiger partial charge in [0.2, 0.25) is 5.43 Å². The van der Waals surface area contributed by atoms with Crippen molar-refractivity contribution in [3.8, 4) is 11.1 Å². The number of benzene rings is 3. The molecule has 7 heteroatoms. The minimum absolute atomic E-state index is 0.0267. The lowest BCUT2D eigenvalue weighted by atomic mass is 9.97. The van der Waals surface area contributed by atoms with Gasteiger partial charge in [-0.15, -0.1) is 0 Å². The topological polar surface area (TPSA) is 71.8 Å². The zero-order chi connectivity index (χ0) is 25.8. The number of amides is 1. The summed E-state index contributed by atoms with van der Waals surface area (Å²) in [4.78, 5) is 27.8. The van der Waals surface area contributed by atoms with E-state index in [0.717, 1.165) is 16.8 Å². The normalized spacial score (nSPS) is 11.1. The van der Waals surface area contributed by atoms with Crippen molar-refractivity contribution < 1.29 is 13.9 Å². The van der Waals surface area contributed by atoms with Crippen molar-refractivity contribution in [2.24, 2.45) is 0 Å². The second-order valence-electron chi connectivity index (χ2n) is 9.11. The largest absolute Gasteiger partial charge is 0.460 e. The van der Waals surface area contributed by atoms with Gasteiger partial charge in [-0.3, -0.25) is 10.1 Å². The van der Waals surface area contributed by atoms with Crippen LogP contribution >= 0.6 is 11.6 Å². The Morgan fingerprint density at radius 2 is 1.72 bits per heavy atom. The zero-order valence-electron chi connectivity index (χ0n) is 20.8. The van der Waals surface area contributed by atoms with E-state index in [2.05, 4.69) is 5.32 Å². The molecule has 0 spiro atoms. The number of rotatable bonds is 7. The van der Waals surface area contributed by atoms with Gasteiger partial charge in [0.15, 0.2) is 0 Å². The van der Waals surface area contributed by atoms with Gasteiger partial charge in [0, 0.05) is 48.9 Å². The van der Waals surface area contributed by atoms with Crippen LogP contribution in [0.3, 0.4) is 0 Å². The zero-order valence-corrected chi connectivity index (χ0v) is 21.6. The maximum atomic E-state index is 13.4. The summed E-state index contributed by atoms with van der Waals surface area (Å²) in [6, 6.07) is 20.2. The van der Waals surface area contributed by atoms with Crippen LogP contribution < -0.4 is 15.6 Å². The van der Waals surface area contributed by atoms with Crippen molar-refractivity contribution in [2.45, 2.75) is 26.2 Å². The number of ether oxygens (including phenoxy) is 1. The van der Waals surface area contributed by atoms with Crippen LogP contribution in [0.15, 0.2) is 75.9 Å². The smallest absolute Gasteiger partial charge is 0.411 e. The van der Waals surface area contributed by atoms with Crippen LogP contribution in [-0.4, -0.2) is 26.8 Å². The van der Waals surface area contributed by atoms with Crippen LogP contribution in [0.5, 0.6) is 0 Å². The molecule has 1 aromatic heterocycles. The Labute approximate surface area is 215 Å².